The number of aliphatic hydroxyl groups excluding tert-OH is 2. The topological polar surface area (TPSA) is 85.2 Å². The molecule has 176 valence electrons. The van der Waals surface area contributed by atoms with Gasteiger partial charge in [-0.2, -0.15) is 0 Å². The molecule has 0 aromatic heterocycles. The van der Waals surface area contributed by atoms with E-state index in [2.05, 4.69) is 32.9 Å². The van der Waals surface area contributed by atoms with Crippen LogP contribution in [0.25, 0.3) is 0 Å². The first-order chi connectivity index (χ1) is 14.6. The first-order valence-corrected chi connectivity index (χ1v) is 11.0. The standard InChI is InChI=1S/C25H40O6/c1-17(2)9-7-10-19(5)11-8-12-20(6)13-14-29-25-23(28)24(21(26)16-30-25)31-22(27)15-18(3)4/h9,11,13,15,21,23-26,28H,7-8,10,12,14,16H2,1-6H3. The first-order valence-electron chi connectivity index (χ1n) is 11.0. The average molecular weight is 437 g/mol. The van der Waals surface area contributed by atoms with Crippen LogP contribution in [0, 0.1) is 0 Å². The summed E-state index contributed by atoms with van der Waals surface area (Å²) in [6.07, 6.45) is 7.44. The highest BCUT2D eigenvalue weighted by Gasteiger charge is 2.41. The summed E-state index contributed by atoms with van der Waals surface area (Å²) in [6, 6.07) is 0. The van der Waals surface area contributed by atoms with Gasteiger partial charge in [-0.3, -0.25) is 0 Å². The van der Waals surface area contributed by atoms with Crippen molar-refractivity contribution in [2.45, 2.75) is 91.8 Å². The Bertz CT molecular complexity index is 680. The van der Waals surface area contributed by atoms with E-state index in [9.17, 15) is 15.0 Å². The predicted molar refractivity (Wildman–Crippen MR) is 122 cm³/mol. The molecule has 1 rings (SSSR count). The monoisotopic (exact) mass is 436 g/mol. The molecule has 0 bridgehead atoms. The van der Waals surface area contributed by atoms with Gasteiger partial charge in [-0.05, 0) is 67.2 Å². The van der Waals surface area contributed by atoms with Crippen molar-refractivity contribution in [3.05, 3.63) is 46.6 Å². The van der Waals surface area contributed by atoms with Gasteiger partial charge in [-0.15, -0.1) is 0 Å². The zero-order chi connectivity index (χ0) is 23.4. The fourth-order valence-electron chi connectivity index (χ4n) is 3.09. The first kappa shape index (κ1) is 27.3. The Labute approximate surface area is 187 Å². The molecule has 6 nitrogen and oxygen atoms in total. The molecule has 6 heteroatoms. The Kier molecular flexibility index (Phi) is 12.6. The van der Waals surface area contributed by atoms with E-state index in [1.54, 1.807) is 13.8 Å². The van der Waals surface area contributed by atoms with Crippen LogP contribution in [0.15, 0.2) is 46.6 Å². The van der Waals surface area contributed by atoms with Crippen molar-refractivity contribution in [2.75, 3.05) is 13.2 Å². The van der Waals surface area contributed by atoms with Crippen molar-refractivity contribution in [1.29, 1.82) is 0 Å². The minimum atomic E-state index is -1.27. The number of hydrogen-bond donors (Lipinski definition) is 2. The van der Waals surface area contributed by atoms with Gasteiger partial charge in [-0.25, -0.2) is 4.79 Å². The molecule has 1 fully saturated rings. The zero-order valence-corrected chi connectivity index (χ0v) is 19.9. The largest absolute Gasteiger partial charge is 0.453 e. The van der Waals surface area contributed by atoms with Gasteiger partial charge in [-0.1, -0.05) is 40.5 Å². The van der Waals surface area contributed by atoms with E-state index < -0.39 is 30.6 Å². The summed E-state index contributed by atoms with van der Waals surface area (Å²) in [5.41, 5.74) is 4.70. The van der Waals surface area contributed by atoms with Gasteiger partial charge in [0, 0.05) is 6.08 Å². The highest BCUT2D eigenvalue weighted by molar-refractivity contribution is 5.82. The number of allylic oxidation sites excluding steroid dienone is 6. The van der Waals surface area contributed by atoms with Gasteiger partial charge in [0.25, 0.3) is 0 Å². The van der Waals surface area contributed by atoms with Gasteiger partial charge in [0.1, 0.15) is 12.2 Å². The molecule has 0 radical (unpaired) electrons. The number of carbonyl (C=O) groups is 1. The van der Waals surface area contributed by atoms with Gasteiger partial charge in [0.05, 0.1) is 13.2 Å². The van der Waals surface area contributed by atoms with Gasteiger partial charge in [0.2, 0.25) is 0 Å². The highest BCUT2D eigenvalue weighted by atomic mass is 16.7. The summed E-state index contributed by atoms with van der Waals surface area (Å²) in [4.78, 5) is 11.8. The fourth-order valence-corrected chi connectivity index (χ4v) is 3.09. The van der Waals surface area contributed by atoms with Crippen LogP contribution < -0.4 is 0 Å². The average Bonchev–Trinajstić information content (AvgIpc) is 2.66. The van der Waals surface area contributed by atoms with Crippen LogP contribution in [0.2, 0.25) is 0 Å². The molecule has 2 N–H and O–H groups in total. The normalized spacial score (nSPS) is 24.5. The maximum atomic E-state index is 11.8. The smallest absolute Gasteiger partial charge is 0.331 e. The molecule has 1 saturated heterocycles. The van der Waals surface area contributed by atoms with Crippen molar-refractivity contribution in [3.8, 4) is 0 Å². The summed E-state index contributed by atoms with van der Waals surface area (Å²) >= 11 is 0. The molecule has 0 spiro atoms. The van der Waals surface area contributed by atoms with E-state index in [0.717, 1.165) is 31.3 Å². The van der Waals surface area contributed by atoms with Crippen molar-refractivity contribution in [3.63, 3.8) is 0 Å². The van der Waals surface area contributed by atoms with Crippen LogP contribution in [0.1, 0.15) is 67.2 Å². The number of aliphatic hydroxyl groups is 2. The molecule has 0 amide bonds. The SMILES string of the molecule is CC(C)=CCCC(C)=CCCC(C)=CCOC1OCC(O)C(OC(=O)C=C(C)C)C1O. The van der Waals surface area contributed by atoms with Crippen molar-refractivity contribution in [2.24, 2.45) is 0 Å². The number of rotatable bonds is 11. The number of esters is 1. The maximum absolute atomic E-state index is 11.8. The molecule has 31 heavy (non-hydrogen) atoms. The fraction of sp³-hybridized carbons (Fsp3) is 0.640. The molecular formula is C25H40O6. The van der Waals surface area contributed by atoms with Crippen LogP contribution in [0.4, 0.5) is 0 Å². The second-order valence-electron chi connectivity index (χ2n) is 8.68. The maximum Gasteiger partial charge on any atom is 0.331 e. The Morgan fingerprint density at radius 3 is 2.16 bits per heavy atom. The summed E-state index contributed by atoms with van der Waals surface area (Å²) in [5.74, 6) is -0.608. The molecule has 4 unspecified atom stereocenters. The van der Waals surface area contributed by atoms with E-state index in [1.165, 1.54) is 22.8 Å². The summed E-state index contributed by atoms with van der Waals surface area (Å²) in [5, 5.41) is 20.4. The molecule has 1 aliphatic rings. The van der Waals surface area contributed by atoms with Gasteiger partial charge in [0.15, 0.2) is 12.4 Å². The molecule has 0 aromatic carbocycles. The molecule has 4 atom stereocenters. The lowest BCUT2D eigenvalue weighted by molar-refractivity contribution is -0.270. The Balaban J connectivity index is 2.45. The number of ether oxygens (including phenoxy) is 3. The third kappa shape index (κ3) is 11.5. The molecule has 1 heterocycles. The molecule has 0 aliphatic carbocycles. The van der Waals surface area contributed by atoms with Crippen LogP contribution >= 0.6 is 0 Å². The van der Waals surface area contributed by atoms with Crippen LogP contribution in [-0.4, -0.2) is 54.0 Å². The van der Waals surface area contributed by atoms with Crippen LogP contribution in [0.3, 0.4) is 0 Å². The molecule has 0 saturated carbocycles. The number of carbonyl (C=O) groups excluding carboxylic acids is 1. The second kappa shape index (κ2) is 14.4. The minimum Gasteiger partial charge on any atom is -0.453 e. The molecule has 1 aliphatic heterocycles. The quantitative estimate of drug-likeness (QED) is 0.284. The van der Waals surface area contributed by atoms with E-state index in [-0.39, 0.29) is 13.2 Å². The predicted octanol–water partition coefficient (Wildman–Crippen LogP) is 4.38. The number of hydrogen-bond acceptors (Lipinski definition) is 6. The second-order valence-corrected chi connectivity index (χ2v) is 8.68. The molecule has 0 aromatic rings. The highest BCUT2D eigenvalue weighted by Crippen LogP contribution is 2.20. The van der Waals surface area contributed by atoms with Crippen LogP contribution in [-0.2, 0) is 19.0 Å². The van der Waals surface area contributed by atoms with E-state index >= 15 is 0 Å². The van der Waals surface area contributed by atoms with Crippen molar-refractivity contribution < 1.29 is 29.2 Å². The van der Waals surface area contributed by atoms with Crippen LogP contribution in [0.5, 0.6) is 0 Å². The van der Waals surface area contributed by atoms with Crippen molar-refractivity contribution in [1.82, 2.24) is 0 Å². The van der Waals surface area contributed by atoms with Crippen molar-refractivity contribution >= 4 is 5.97 Å². The Morgan fingerprint density at radius 1 is 0.935 bits per heavy atom. The Morgan fingerprint density at radius 2 is 1.55 bits per heavy atom. The van der Waals surface area contributed by atoms with Gasteiger partial charge >= 0.3 is 5.97 Å². The minimum absolute atomic E-state index is 0.0754. The molecular weight excluding hydrogens is 396 g/mol. The third-order valence-corrected chi connectivity index (χ3v) is 4.90. The summed E-state index contributed by atoms with van der Waals surface area (Å²) < 4.78 is 16.2. The summed E-state index contributed by atoms with van der Waals surface area (Å²) in [7, 11) is 0. The van der Waals surface area contributed by atoms with Gasteiger partial charge < -0.3 is 24.4 Å². The van der Waals surface area contributed by atoms with E-state index in [1.807, 2.05) is 13.0 Å². The summed E-state index contributed by atoms with van der Waals surface area (Å²) in [6.45, 7) is 12.2. The lowest BCUT2D eigenvalue weighted by Gasteiger charge is -2.36. The Hall–Kier alpha value is -1.73. The van der Waals surface area contributed by atoms with E-state index in [4.69, 9.17) is 14.2 Å². The van der Waals surface area contributed by atoms with E-state index in [0.29, 0.717) is 0 Å². The zero-order valence-electron chi connectivity index (χ0n) is 19.9. The lowest BCUT2D eigenvalue weighted by Crippen LogP contribution is -2.55. The third-order valence-electron chi connectivity index (χ3n) is 4.90. The lowest BCUT2D eigenvalue weighted by atomic mass is 10.1.